The lowest BCUT2D eigenvalue weighted by Crippen LogP contribution is -2.50. The molecule has 168 valence electrons. The summed E-state index contributed by atoms with van der Waals surface area (Å²) in [4.78, 5) is 27.3. The van der Waals surface area contributed by atoms with E-state index in [1.165, 1.54) is 4.90 Å². The highest BCUT2D eigenvalue weighted by molar-refractivity contribution is 9.10. The van der Waals surface area contributed by atoms with Crippen LogP contribution >= 0.6 is 39.1 Å². The fraction of sp³-hybridized carbons (Fsp3) is 0.391. The first-order chi connectivity index (χ1) is 14.8. The number of hydrogen-bond donors (Lipinski definition) is 1. The van der Waals surface area contributed by atoms with Crippen molar-refractivity contribution in [3.05, 3.63) is 62.0 Å². The summed E-state index contributed by atoms with van der Waals surface area (Å²) < 4.78 is 6.55. The fourth-order valence-electron chi connectivity index (χ4n) is 3.17. The van der Waals surface area contributed by atoms with E-state index in [1.54, 1.807) is 18.2 Å². The van der Waals surface area contributed by atoms with E-state index in [-0.39, 0.29) is 25.0 Å². The number of aryl methyl sites for hydroxylation is 1. The first-order valence-corrected chi connectivity index (χ1v) is 11.8. The molecule has 31 heavy (non-hydrogen) atoms. The highest BCUT2D eigenvalue weighted by Gasteiger charge is 2.29. The van der Waals surface area contributed by atoms with Gasteiger partial charge in [0.25, 0.3) is 5.91 Å². The Bertz CT molecular complexity index is 903. The lowest BCUT2D eigenvalue weighted by atomic mass is 10.1. The summed E-state index contributed by atoms with van der Waals surface area (Å²) in [5, 5.41) is 3.67. The number of hydrogen-bond acceptors (Lipinski definition) is 3. The van der Waals surface area contributed by atoms with Crippen molar-refractivity contribution in [3.8, 4) is 5.75 Å². The van der Waals surface area contributed by atoms with Crippen LogP contribution in [-0.2, 0) is 22.6 Å². The molecule has 0 saturated heterocycles. The number of carbonyl (C=O) groups excluding carboxylic acids is 2. The van der Waals surface area contributed by atoms with E-state index < -0.39 is 6.04 Å². The average Bonchev–Trinajstić information content (AvgIpc) is 2.74. The van der Waals surface area contributed by atoms with E-state index in [0.29, 0.717) is 34.3 Å². The number of nitrogens with one attached hydrogen (secondary N) is 1. The monoisotopic (exact) mass is 528 g/mol. The van der Waals surface area contributed by atoms with Gasteiger partial charge in [-0.15, -0.1) is 0 Å². The van der Waals surface area contributed by atoms with Gasteiger partial charge in [0.15, 0.2) is 6.61 Å². The Morgan fingerprint density at radius 3 is 2.35 bits per heavy atom. The van der Waals surface area contributed by atoms with E-state index in [1.807, 2.05) is 32.0 Å². The van der Waals surface area contributed by atoms with Gasteiger partial charge in [0.05, 0.1) is 4.47 Å². The van der Waals surface area contributed by atoms with Gasteiger partial charge in [-0.05, 0) is 65.5 Å². The molecule has 1 unspecified atom stereocenters. The van der Waals surface area contributed by atoms with Gasteiger partial charge in [-0.2, -0.15) is 0 Å². The quantitative estimate of drug-likeness (QED) is 0.433. The van der Waals surface area contributed by atoms with E-state index >= 15 is 0 Å². The SMILES string of the molecule is CCNC(=O)C(CC)N(Cc1c(Cl)cccc1Cl)C(=O)COc1ccc(CC)cc1Br. The molecule has 0 aliphatic rings. The highest BCUT2D eigenvalue weighted by Crippen LogP contribution is 2.28. The molecule has 0 bridgehead atoms. The van der Waals surface area contributed by atoms with Crippen LogP contribution < -0.4 is 10.1 Å². The molecule has 5 nitrogen and oxygen atoms in total. The number of ether oxygens (including phenoxy) is 1. The Labute approximate surface area is 202 Å². The predicted molar refractivity (Wildman–Crippen MR) is 129 cm³/mol. The first-order valence-electron chi connectivity index (χ1n) is 10.2. The zero-order valence-electron chi connectivity index (χ0n) is 17.9. The van der Waals surface area contributed by atoms with Crippen LogP contribution in [0.5, 0.6) is 5.75 Å². The van der Waals surface area contributed by atoms with Gasteiger partial charge >= 0.3 is 0 Å². The smallest absolute Gasteiger partial charge is 0.261 e. The number of carbonyl (C=O) groups is 2. The molecule has 2 amide bonds. The van der Waals surface area contributed by atoms with Crippen molar-refractivity contribution in [2.45, 2.75) is 46.2 Å². The first kappa shape index (κ1) is 25.5. The molecule has 0 aliphatic carbocycles. The molecule has 1 N–H and O–H groups in total. The minimum Gasteiger partial charge on any atom is -0.483 e. The maximum atomic E-state index is 13.2. The van der Waals surface area contributed by atoms with Crippen molar-refractivity contribution >= 4 is 50.9 Å². The third-order valence-electron chi connectivity index (χ3n) is 4.88. The van der Waals surface area contributed by atoms with Gasteiger partial charge in [-0.3, -0.25) is 9.59 Å². The Kier molecular flexibility index (Phi) is 10.1. The second kappa shape index (κ2) is 12.3. The van der Waals surface area contributed by atoms with Crippen LogP contribution in [0.2, 0.25) is 10.0 Å². The maximum Gasteiger partial charge on any atom is 0.261 e. The van der Waals surface area contributed by atoms with Gasteiger partial charge < -0.3 is 15.0 Å². The third kappa shape index (κ3) is 6.86. The van der Waals surface area contributed by atoms with Crippen molar-refractivity contribution in [3.63, 3.8) is 0 Å². The summed E-state index contributed by atoms with van der Waals surface area (Å²) in [7, 11) is 0. The number of nitrogens with zero attached hydrogens (tertiary/aromatic N) is 1. The molecular formula is C23H27BrCl2N2O3. The van der Waals surface area contributed by atoms with Gasteiger partial charge in [0.2, 0.25) is 5.91 Å². The average molecular weight is 530 g/mol. The Hall–Kier alpha value is -1.76. The zero-order valence-corrected chi connectivity index (χ0v) is 21.0. The lowest BCUT2D eigenvalue weighted by Gasteiger charge is -2.31. The van der Waals surface area contributed by atoms with Crippen molar-refractivity contribution < 1.29 is 14.3 Å². The van der Waals surface area contributed by atoms with E-state index in [4.69, 9.17) is 27.9 Å². The van der Waals surface area contributed by atoms with E-state index in [2.05, 4.69) is 28.2 Å². The Morgan fingerprint density at radius 1 is 1.13 bits per heavy atom. The van der Waals surface area contributed by atoms with Crippen molar-refractivity contribution in [1.29, 1.82) is 0 Å². The van der Waals surface area contributed by atoms with Crippen LogP contribution in [0.4, 0.5) is 0 Å². The molecule has 0 aromatic heterocycles. The summed E-state index contributed by atoms with van der Waals surface area (Å²) in [6.07, 6.45) is 1.34. The second-order valence-electron chi connectivity index (χ2n) is 6.95. The molecule has 0 radical (unpaired) electrons. The number of amides is 2. The molecule has 1 atom stereocenters. The molecule has 2 aromatic carbocycles. The molecule has 0 spiro atoms. The van der Waals surface area contributed by atoms with Crippen LogP contribution in [0.25, 0.3) is 0 Å². The minimum absolute atomic E-state index is 0.103. The minimum atomic E-state index is -0.672. The normalized spacial score (nSPS) is 11.7. The van der Waals surface area contributed by atoms with Crippen LogP contribution in [0.3, 0.4) is 0 Å². The number of halogens is 3. The van der Waals surface area contributed by atoms with Crippen LogP contribution in [-0.4, -0.2) is 35.9 Å². The zero-order chi connectivity index (χ0) is 23.0. The largest absolute Gasteiger partial charge is 0.483 e. The molecule has 2 rings (SSSR count). The second-order valence-corrected chi connectivity index (χ2v) is 8.62. The van der Waals surface area contributed by atoms with Crippen LogP contribution in [0, 0.1) is 0 Å². The number of benzene rings is 2. The Morgan fingerprint density at radius 2 is 1.81 bits per heavy atom. The van der Waals surface area contributed by atoms with E-state index in [0.717, 1.165) is 16.5 Å². The molecule has 8 heteroatoms. The summed E-state index contributed by atoms with van der Waals surface area (Å²) in [5.74, 6) is 0.00268. The van der Waals surface area contributed by atoms with Crippen molar-refractivity contribution in [2.75, 3.05) is 13.2 Å². The molecule has 0 heterocycles. The molecule has 0 fully saturated rings. The van der Waals surface area contributed by atoms with Gasteiger partial charge in [0, 0.05) is 28.7 Å². The van der Waals surface area contributed by atoms with Crippen molar-refractivity contribution in [2.24, 2.45) is 0 Å². The van der Waals surface area contributed by atoms with Gasteiger partial charge in [-0.1, -0.05) is 49.2 Å². The summed E-state index contributed by atoms with van der Waals surface area (Å²) in [6, 6.07) is 10.2. The molecule has 0 saturated carbocycles. The summed E-state index contributed by atoms with van der Waals surface area (Å²) in [5.41, 5.74) is 1.75. The number of likely N-dealkylation sites (N-methyl/N-ethyl adjacent to an activating group) is 1. The van der Waals surface area contributed by atoms with Crippen molar-refractivity contribution in [1.82, 2.24) is 10.2 Å². The van der Waals surface area contributed by atoms with E-state index in [9.17, 15) is 9.59 Å². The van der Waals surface area contributed by atoms with Gasteiger partial charge in [0.1, 0.15) is 11.8 Å². The summed E-state index contributed by atoms with van der Waals surface area (Å²) >= 11 is 16.1. The molecule has 0 aliphatic heterocycles. The number of rotatable bonds is 10. The fourth-order valence-corrected chi connectivity index (χ4v) is 4.23. The molecule has 2 aromatic rings. The summed E-state index contributed by atoms with van der Waals surface area (Å²) in [6.45, 7) is 6.11. The lowest BCUT2D eigenvalue weighted by molar-refractivity contribution is -0.142. The Balaban J connectivity index is 2.28. The standard InChI is InChI=1S/C23H27BrCl2N2O3/c1-4-15-10-11-21(17(24)12-15)31-14-22(29)28(20(5-2)23(30)27-6-3)13-16-18(25)8-7-9-19(16)26/h7-12,20H,4-6,13-14H2,1-3H3,(H,27,30). The maximum absolute atomic E-state index is 13.2. The predicted octanol–water partition coefficient (Wildman–Crippen LogP) is 5.64. The topological polar surface area (TPSA) is 58.6 Å². The van der Waals surface area contributed by atoms with Crippen LogP contribution in [0.15, 0.2) is 40.9 Å². The highest BCUT2D eigenvalue weighted by atomic mass is 79.9. The van der Waals surface area contributed by atoms with Gasteiger partial charge in [-0.25, -0.2) is 0 Å². The van der Waals surface area contributed by atoms with Crippen LogP contribution in [0.1, 0.15) is 38.3 Å². The third-order valence-corrected chi connectivity index (χ3v) is 6.21. The molecular weight excluding hydrogens is 503 g/mol.